The van der Waals surface area contributed by atoms with Crippen LogP contribution in [0, 0.1) is 6.92 Å². The molecule has 2 nitrogen and oxygen atoms in total. The first-order chi connectivity index (χ1) is 9.93. The fourth-order valence-corrected chi connectivity index (χ4v) is 2.72. The Bertz CT molecular complexity index is 620. The van der Waals surface area contributed by atoms with Crippen molar-refractivity contribution < 1.29 is 4.74 Å². The Morgan fingerprint density at radius 1 is 1.05 bits per heavy atom. The predicted octanol–water partition coefficient (Wildman–Crippen LogP) is 4.94. The minimum absolute atomic E-state index is 0.196. The molecule has 0 aliphatic carbocycles. The molecule has 0 fully saturated rings. The van der Waals surface area contributed by atoms with Crippen LogP contribution in [0.25, 0.3) is 0 Å². The summed E-state index contributed by atoms with van der Waals surface area (Å²) in [6, 6.07) is 12.4. The molecular weight excluding hydrogens is 326 g/mol. The van der Waals surface area contributed by atoms with E-state index >= 15 is 0 Å². The molecule has 0 spiro atoms. The third-order valence-electron chi connectivity index (χ3n) is 3.81. The number of nitrogens with two attached hydrogens (primary N) is 1. The Hall–Kier alpha value is -1.32. The molecule has 0 aromatic heterocycles. The van der Waals surface area contributed by atoms with Gasteiger partial charge in [-0.2, -0.15) is 0 Å². The van der Waals surface area contributed by atoms with Gasteiger partial charge < -0.3 is 10.5 Å². The molecule has 1 atom stereocenters. The molecular formula is C18H22BrNO. The summed E-state index contributed by atoms with van der Waals surface area (Å²) in [5.41, 5.74) is 11.0. The van der Waals surface area contributed by atoms with Crippen molar-refractivity contribution in [2.45, 2.75) is 32.7 Å². The molecule has 0 aliphatic heterocycles. The second-order valence-electron chi connectivity index (χ2n) is 5.64. The van der Waals surface area contributed by atoms with Crippen molar-refractivity contribution in [3.63, 3.8) is 0 Å². The monoisotopic (exact) mass is 347 g/mol. The van der Waals surface area contributed by atoms with E-state index in [9.17, 15) is 0 Å². The third kappa shape index (κ3) is 3.47. The highest BCUT2D eigenvalue weighted by Crippen LogP contribution is 2.33. The van der Waals surface area contributed by atoms with Gasteiger partial charge in [-0.3, -0.25) is 0 Å². The first kappa shape index (κ1) is 16.1. The molecule has 0 saturated heterocycles. The lowest BCUT2D eigenvalue weighted by Gasteiger charge is -2.18. The highest BCUT2D eigenvalue weighted by molar-refractivity contribution is 9.10. The summed E-state index contributed by atoms with van der Waals surface area (Å²) in [6.07, 6.45) is 0. The van der Waals surface area contributed by atoms with E-state index in [0.717, 1.165) is 26.9 Å². The summed E-state index contributed by atoms with van der Waals surface area (Å²) in [4.78, 5) is 0. The van der Waals surface area contributed by atoms with Crippen LogP contribution in [0.15, 0.2) is 40.9 Å². The minimum Gasteiger partial charge on any atom is -0.496 e. The van der Waals surface area contributed by atoms with E-state index in [2.05, 4.69) is 60.1 Å². The summed E-state index contributed by atoms with van der Waals surface area (Å²) >= 11 is 3.57. The number of aryl methyl sites for hydroxylation is 1. The number of hydrogen-bond acceptors (Lipinski definition) is 2. The zero-order valence-electron chi connectivity index (χ0n) is 13.0. The standard InChI is InChI=1S/C18H22BrNO/c1-11(2)13-5-7-14(8-6-13)18(20)15-10-16(19)12(3)9-17(15)21-4/h5-11,18H,20H2,1-4H3. The molecule has 2 aromatic carbocycles. The summed E-state index contributed by atoms with van der Waals surface area (Å²) < 4.78 is 6.53. The van der Waals surface area contributed by atoms with Crippen molar-refractivity contribution in [3.8, 4) is 5.75 Å². The lowest BCUT2D eigenvalue weighted by atomic mass is 9.95. The van der Waals surface area contributed by atoms with Gasteiger partial charge in [-0.25, -0.2) is 0 Å². The number of halogens is 1. The molecule has 0 amide bonds. The van der Waals surface area contributed by atoms with Gasteiger partial charge in [0.2, 0.25) is 0 Å². The van der Waals surface area contributed by atoms with Gasteiger partial charge in [0.1, 0.15) is 5.75 Å². The molecule has 3 heteroatoms. The maximum Gasteiger partial charge on any atom is 0.124 e. The van der Waals surface area contributed by atoms with Crippen LogP contribution < -0.4 is 10.5 Å². The van der Waals surface area contributed by atoms with Crippen LogP contribution in [0.2, 0.25) is 0 Å². The summed E-state index contributed by atoms with van der Waals surface area (Å²) in [6.45, 7) is 6.42. The first-order valence-electron chi connectivity index (χ1n) is 7.13. The largest absolute Gasteiger partial charge is 0.496 e. The van der Waals surface area contributed by atoms with E-state index in [4.69, 9.17) is 10.5 Å². The Kier molecular flexibility index (Phi) is 5.07. The van der Waals surface area contributed by atoms with Gasteiger partial charge in [-0.15, -0.1) is 0 Å². The molecule has 0 aliphatic rings. The highest BCUT2D eigenvalue weighted by Gasteiger charge is 2.16. The fraction of sp³-hybridized carbons (Fsp3) is 0.333. The average Bonchev–Trinajstić information content (AvgIpc) is 2.49. The maximum atomic E-state index is 6.44. The predicted molar refractivity (Wildman–Crippen MR) is 92.0 cm³/mol. The van der Waals surface area contributed by atoms with Crippen molar-refractivity contribution in [2.75, 3.05) is 7.11 Å². The zero-order chi connectivity index (χ0) is 15.6. The van der Waals surface area contributed by atoms with Crippen LogP contribution in [0.3, 0.4) is 0 Å². The van der Waals surface area contributed by atoms with Crippen LogP contribution in [0.5, 0.6) is 5.75 Å². The van der Waals surface area contributed by atoms with Crippen molar-refractivity contribution in [3.05, 3.63) is 63.1 Å². The van der Waals surface area contributed by atoms with Crippen LogP contribution in [-0.2, 0) is 0 Å². The molecule has 0 heterocycles. The highest BCUT2D eigenvalue weighted by atomic mass is 79.9. The Balaban J connectivity index is 2.39. The molecule has 21 heavy (non-hydrogen) atoms. The van der Waals surface area contributed by atoms with Crippen molar-refractivity contribution in [1.29, 1.82) is 0 Å². The van der Waals surface area contributed by atoms with Gasteiger partial charge in [-0.05, 0) is 41.7 Å². The van der Waals surface area contributed by atoms with Gasteiger partial charge in [-0.1, -0.05) is 54.0 Å². The number of methoxy groups -OCH3 is 1. The molecule has 112 valence electrons. The third-order valence-corrected chi connectivity index (χ3v) is 4.66. The smallest absolute Gasteiger partial charge is 0.124 e. The number of rotatable bonds is 4. The van der Waals surface area contributed by atoms with E-state index in [0.29, 0.717) is 5.92 Å². The van der Waals surface area contributed by atoms with Crippen LogP contribution >= 0.6 is 15.9 Å². The zero-order valence-corrected chi connectivity index (χ0v) is 14.6. The second kappa shape index (κ2) is 6.63. The van der Waals surface area contributed by atoms with Gasteiger partial charge in [0.05, 0.1) is 13.2 Å². The molecule has 1 unspecified atom stereocenters. The number of hydrogen-bond donors (Lipinski definition) is 1. The SMILES string of the molecule is COc1cc(C)c(Br)cc1C(N)c1ccc(C(C)C)cc1. The van der Waals surface area contributed by atoms with E-state index in [-0.39, 0.29) is 6.04 Å². The van der Waals surface area contributed by atoms with Crippen LogP contribution in [0.4, 0.5) is 0 Å². The Morgan fingerprint density at radius 3 is 2.14 bits per heavy atom. The summed E-state index contributed by atoms with van der Waals surface area (Å²) in [5.74, 6) is 1.36. The quantitative estimate of drug-likeness (QED) is 0.850. The molecule has 0 bridgehead atoms. The van der Waals surface area contributed by atoms with E-state index < -0.39 is 0 Å². The lowest BCUT2D eigenvalue weighted by molar-refractivity contribution is 0.407. The molecule has 0 saturated carbocycles. The summed E-state index contributed by atoms with van der Waals surface area (Å²) in [5, 5.41) is 0. The van der Waals surface area contributed by atoms with E-state index in [1.54, 1.807) is 7.11 Å². The van der Waals surface area contributed by atoms with E-state index in [1.165, 1.54) is 5.56 Å². The Morgan fingerprint density at radius 2 is 1.62 bits per heavy atom. The summed E-state index contributed by atoms with van der Waals surface area (Å²) in [7, 11) is 1.68. The van der Waals surface area contributed by atoms with Crippen molar-refractivity contribution >= 4 is 15.9 Å². The average molecular weight is 348 g/mol. The van der Waals surface area contributed by atoms with E-state index in [1.807, 2.05) is 13.0 Å². The molecule has 2 aromatic rings. The second-order valence-corrected chi connectivity index (χ2v) is 6.50. The Labute approximate surface area is 135 Å². The normalized spacial score (nSPS) is 12.5. The minimum atomic E-state index is -0.196. The molecule has 0 radical (unpaired) electrons. The van der Waals surface area contributed by atoms with Gasteiger partial charge in [0.25, 0.3) is 0 Å². The maximum absolute atomic E-state index is 6.44. The molecule has 2 N–H and O–H groups in total. The first-order valence-corrected chi connectivity index (χ1v) is 7.92. The number of benzene rings is 2. The molecule has 2 rings (SSSR count). The van der Waals surface area contributed by atoms with Crippen molar-refractivity contribution in [1.82, 2.24) is 0 Å². The van der Waals surface area contributed by atoms with Crippen LogP contribution in [0.1, 0.15) is 48.1 Å². The van der Waals surface area contributed by atoms with Crippen molar-refractivity contribution in [2.24, 2.45) is 5.73 Å². The topological polar surface area (TPSA) is 35.2 Å². The van der Waals surface area contributed by atoms with Gasteiger partial charge >= 0.3 is 0 Å². The fourth-order valence-electron chi connectivity index (χ4n) is 2.36. The lowest BCUT2D eigenvalue weighted by Crippen LogP contribution is -2.13. The number of ether oxygens (including phenoxy) is 1. The van der Waals surface area contributed by atoms with Gasteiger partial charge in [0.15, 0.2) is 0 Å². The van der Waals surface area contributed by atoms with Crippen LogP contribution in [-0.4, -0.2) is 7.11 Å². The van der Waals surface area contributed by atoms with Gasteiger partial charge in [0, 0.05) is 10.0 Å².